The van der Waals surface area contributed by atoms with Crippen LogP contribution in [0.5, 0.6) is 11.5 Å². The number of aromatic hydroxyl groups is 1. The van der Waals surface area contributed by atoms with Crippen molar-refractivity contribution in [1.82, 2.24) is 9.38 Å². The Bertz CT molecular complexity index is 760. The Morgan fingerprint density at radius 3 is 3.05 bits per heavy atom. The van der Waals surface area contributed by atoms with Crippen molar-refractivity contribution in [2.24, 2.45) is 4.99 Å². The second kappa shape index (κ2) is 5.66. The lowest BCUT2D eigenvalue weighted by atomic mass is 10.2. The Balaban J connectivity index is 1.74. The molecule has 0 atom stereocenters. The van der Waals surface area contributed by atoms with E-state index in [1.165, 1.54) is 7.11 Å². The summed E-state index contributed by atoms with van der Waals surface area (Å²) in [5.74, 6) is 0.557. The second-order valence-corrected chi connectivity index (χ2v) is 4.60. The first-order valence-corrected chi connectivity index (χ1v) is 6.56. The summed E-state index contributed by atoms with van der Waals surface area (Å²) in [5.41, 5.74) is 2.69. The van der Waals surface area contributed by atoms with Crippen LogP contribution in [0.25, 0.3) is 5.65 Å². The van der Waals surface area contributed by atoms with Gasteiger partial charge in [-0.05, 0) is 35.9 Å². The quantitative estimate of drug-likeness (QED) is 0.748. The van der Waals surface area contributed by atoms with Gasteiger partial charge in [0.2, 0.25) is 0 Å². The third-order valence-corrected chi connectivity index (χ3v) is 3.11. The number of pyridine rings is 1. The number of benzene rings is 1. The molecule has 1 aromatic carbocycles. The molecule has 0 aliphatic heterocycles. The summed E-state index contributed by atoms with van der Waals surface area (Å²) in [5, 5.41) is 9.54. The van der Waals surface area contributed by atoms with Crippen molar-refractivity contribution >= 4 is 11.9 Å². The molecule has 0 amide bonds. The van der Waals surface area contributed by atoms with E-state index in [1.54, 1.807) is 24.4 Å². The average Bonchev–Trinajstić information content (AvgIpc) is 2.91. The molecular formula is C16H15N3O2. The van der Waals surface area contributed by atoms with Crippen molar-refractivity contribution in [2.45, 2.75) is 6.54 Å². The summed E-state index contributed by atoms with van der Waals surface area (Å²) >= 11 is 0. The number of phenols is 1. The zero-order chi connectivity index (χ0) is 14.7. The second-order valence-electron chi connectivity index (χ2n) is 4.60. The highest BCUT2D eigenvalue weighted by Crippen LogP contribution is 2.25. The maximum Gasteiger partial charge on any atom is 0.161 e. The average molecular weight is 281 g/mol. The number of rotatable bonds is 4. The van der Waals surface area contributed by atoms with Crippen molar-refractivity contribution in [1.29, 1.82) is 0 Å². The molecule has 0 unspecified atom stereocenters. The summed E-state index contributed by atoms with van der Waals surface area (Å²) in [6, 6.07) is 11.0. The van der Waals surface area contributed by atoms with Crippen LogP contribution in [0.15, 0.2) is 53.8 Å². The van der Waals surface area contributed by atoms with E-state index in [0.29, 0.717) is 12.3 Å². The first kappa shape index (κ1) is 13.2. The van der Waals surface area contributed by atoms with Gasteiger partial charge < -0.3 is 14.2 Å². The molecular weight excluding hydrogens is 266 g/mol. The molecule has 5 nitrogen and oxygen atoms in total. The molecule has 0 bridgehead atoms. The fourth-order valence-corrected chi connectivity index (χ4v) is 2.08. The molecule has 2 heterocycles. The minimum atomic E-state index is 0.120. The molecule has 0 spiro atoms. The van der Waals surface area contributed by atoms with Gasteiger partial charge in [-0.15, -0.1) is 0 Å². The highest BCUT2D eigenvalue weighted by molar-refractivity contribution is 5.80. The van der Waals surface area contributed by atoms with E-state index in [-0.39, 0.29) is 5.75 Å². The molecule has 0 radical (unpaired) electrons. The Morgan fingerprint density at radius 1 is 1.33 bits per heavy atom. The largest absolute Gasteiger partial charge is 0.504 e. The molecule has 3 aromatic rings. The van der Waals surface area contributed by atoms with E-state index in [4.69, 9.17) is 4.74 Å². The van der Waals surface area contributed by atoms with Crippen LogP contribution >= 0.6 is 0 Å². The summed E-state index contributed by atoms with van der Waals surface area (Å²) in [4.78, 5) is 8.85. The summed E-state index contributed by atoms with van der Waals surface area (Å²) in [6.07, 6.45) is 5.66. The van der Waals surface area contributed by atoms with Crippen molar-refractivity contribution in [3.8, 4) is 11.5 Å². The van der Waals surface area contributed by atoms with Crippen LogP contribution in [0.4, 0.5) is 0 Å². The van der Waals surface area contributed by atoms with E-state index in [0.717, 1.165) is 16.9 Å². The Labute approximate surface area is 122 Å². The molecule has 0 aliphatic rings. The van der Waals surface area contributed by atoms with Gasteiger partial charge in [0, 0.05) is 18.6 Å². The highest BCUT2D eigenvalue weighted by Gasteiger charge is 2.01. The number of aliphatic imine (C=N–C) groups is 1. The van der Waals surface area contributed by atoms with Crippen LogP contribution in [-0.4, -0.2) is 27.8 Å². The van der Waals surface area contributed by atoms with E-state index < -0.39 is 0 Å². The van der Waals surface area contributed by atoms with Crippen molar-refractivity contribution in [2.75, 3.05) is 7.11 Å². The van der Waals surface area contributed by atoms with Gasteiger partial charge in [0.1, 0.15) is 5.65 Å². The fourth-order valence-electron chi connectivity index (χ4n) is 2.08. The minimum Gasteiger partial charge on any atom is -0.504 e. The van der Waals surface area contributed by atoms with Crippen LogP contribution in [-0.2, 0) is 6.54 Å². The Kier molecular flexibility index (Phi) is 3.55. The van der Waals surface area contributed by atoms with Gasteiger partial charge >= 0.3 is 0 Å². The van der Waals surface area contributed by atoms with Crippen molar-refractivity contribution in [3.05, 3.63) is 60.0 Å². The van der Waals surface area contributed by atoms with Gasteiger partial charge in [0.05, 0.1) is 19.3 Å². The van der Waals surface area contributed by atoms with Gasteiger partial charge in [0.25, 0.3) is 0 Å². The van der Waals surface area contributed by atoms with Crippen LogP contribution in [0.2, 0.25) is 0 Å². The normalized spacial score (nSPS) is 11.3. The number of ether oxygens (including phenoxy) is 1. The number of nitrogens with zero attached hydrogens (tertiary/aromatic N) is 3. The molecule has 5 heteroatoms. The van der Waals surface area contributed by atoms with E-state index in [9.17, 15) is 5.11 Å². The lowest BCUT2D eigenvalue weighted by Gasteiger charge is -2.03. The summed E-state index contributed by atoms with van der Waals surface area (Å²) < 4.78 is 7.03. The van der Waals surface area contributed by atoms with Crippen LogP contribution in [0, 0.1) is 0 Å². The number of hydrogen-bond donors (Lipinski definition) is 1. The predicted octanol–water partition coefficient (Wildman–Crippen LogP) is 2.67. The standard InChI is InChI=1S/C16H15N3O2/c1-21-15-8-12(5-6-14(15)20)9-17-10-13-11-19-7-3-2-4-16(19)18-13/h2-9,11,20H,10H2,1H3. The Hall–Kier alpha value is -2.82. The molecule has 106 valence electrons. The smallest absolute Gasteiger partial charge is 0.161 e. The molecule has 2 aromatic heterocycles. The van der Waals surface area contributed by atoms with E-state index in [1.807, 2.05) is 35.0 Å². The van der Waals surface area contributed by atoms with Gasteiger partial charge in [0.15, 0.2) is 11.5 Å². The van der Waals surface area contributed by atoms with Gasteiger partial charge in [-0.1, -0.05) is 6.07 Å². The lowest BCUT2D eigenvalue weighted by Crippen LogP contribution is -1.88. The molecule has 1 N–H and O–H groups in total. The first-order valence-electron chi connectivity index (χ1n) is 6.56. The van der Waals surface area contributed by atoms with Gasteiger partial charge in [-0.2, -0.15) is 0 Å². The number of imidazole rings is 1. The van der Waals surface area contributed by atoms with Gasteiger partial charge in [-0.25, -0.2) is 4.98 Å². The van der Waals surface area contributed by atoms with Crippen molar-refractivity contribution in [3.63, 3.8) is 0 Å². The molecule has 0 fully saturated rings. The first-order chi connectivity index (χ1) is 10.3. The third kappa shape index (κ3) is 2.86. The topological polar surface area (TPSA) is 59.1 Å². The zero-order valence-corrected chi connectivity index (χ0v) is 11.6. The fraction of sp³-hybridized carbons (Fsp3) is 0.125. The van der Waals surface area contributed by atoms with Crippen LogP contribution < -0.4 is 4.74 Å². The number of hydrogen-bond acceptors (Lipinski definition) is 4. The lowest BCUT2D eigenvalue weighted by molar-refractivity contribution is 0.373. The van der Waals surface area contributed by atoms with Crippen molar-refractivity contribution < 1.29 is 9.84 Å². The number of methoxy groups -OCH3 is 1. The molecule has 0 saturated heterocycles. The molecule has 21 heavy (non-hydrogen) atoms. The maximum absolute atomic E-state index is 9.54. The minimum absolute atomic E-state index is 0.120. The number of phenolic OH excluding ortho intramolecular Hbond substituents is 1. The van der Waals surface area contributed by atoms with Gasteiger partial charge in [-0.3, -0.25) is 4.99 Å². The van der Waals surface area contributed by atoms with E-state index in [2.05, 4.69) is 9.98 Å². The van der Waals surface area contributed by atoms with Crippen LogP contribution in [0.3, 0.4) is 0 Å². The third-order valence-electron chi connectivity index (χ3n) is 3.11. The summed E-state index contributed by atoms with van der Waals surface area (Å²) in [7, 11) is 1.52. The summed E-state index contributed by atoms with van der Waals surface area (Å²) in [6.45, 7) is 0.505. The number of fused-ring (bicyclic) bond motifs is 1. The predicted molar refractivity (Wildman–Crippen MR) is 81.1 cm³/mol. The molecule has 0 saturated carbocycles. The SMILES string of the molecule is COc1cc(C=NCc2cn3ccccc3n2)ccc1O. The number of aromatic nitrogens is 2. The molecule has 3 rings (SSSR count). The van der Waals surface area contributed by atoms with Crippen LogP contribution in [0.1, 0.15) is 11.3 Å². The highest BCUT2D eigenvalue weighted by atomic mass is 16.5. The molecule has 0 aliphatic carbocycles. The maximum atomic E-state index is 9.54. The Morgan fingerprint density at radius 2 is 2.24 bits per heavy atom. The zero-order valence-electron chi connectivity index (χ0n) is 11.6. The van der Waals surface area contributed by atoms with E-state index >= 15 is 0 Å². The monoisotopic (exact) mass is 281 g/mol.